The fourth-order valence-electron chi connectivity index (χ4n) is 1.99. The lowest BCUT2D eigenvalue weighted by molar-refractivity contribution is 0.482. The molecule has 0 fully saturated rings. The van der Waals surface area contributed by atoms with Crippen LogP contribution in [-0.4, -0.2) is 6.54 Å². The van der Waals surface area contributed by atoms with Gasteiger partial charge in [0.1, 0.15) is 5.82 Å². The molecule has 1 aromatic carbocycles. The lowest BCUT2D eigenvalue weighted by Gasteiger charge is -2.19. The molecule has 0 radical (unpaired) electrons. The summed E-state index contributed by atoms with van der Waals surface area (Å²) in [6.07, 6.45) is 4.68. The number of unbranched alkanes of at least 4 members (excludes halogenated alkanes) is 2. The number of rotatable bonds is 7. The first-order valence-corrected chi connectivity index (χ1v) is 7.16. The van der Waals surface area contributed by atoms with E-state index in [0.717, 1.165) is 23.0 Å². The summed E-state index contributed by atoms with van der Waals surface area (Å²) in [5.41, 5.74) is 1.03. The van der Waals surface area contributed by atoms with E-state index in [1.807, 2.05) is 0 Å². The minimum Gasteiger partial charge on any atom is -0.310 e. The summed E-state index contributed by atoms with van der Waals surface area (Å²) in [6.45, 7) is 5.18. The van der Waals surface area contributed by atoms with Crippen molar-refractivity contribution < 1.29 is 4.39 Å². The fraction of sp³-hybridized carbons (Fsp3) is 0.571. The normalized spacial score (nSPS) is 12.7. The highest BCUT2D eigenvalue weighted by molar-refractivity contribution is 9.10. The molecule has 0 aromatic heterocycles. The van der Waals surface area contributed by atoms with E-state index in [1.165, 1.54) is 25.3 Å². The van der Waals surface area contributed by atoms with Crippen molar-refractivity contribution in [2.24, 2.45) is 0 Å². The van der Waals surface area contributed by atoms with E-state index in [1.54, 1.807) is 12.1 Å². The molecule has 0 saturated carbocycles. The molecule has 1 atom stereocenters. The second kappa shape index (κ2) is 7.83. The first-order chi connectivity index (χ1) is 8.19. The molecule has 96 valence electrons. The van der Waals surface area contributed by atoms with Gasteiger partial charge in [0, 0.05) is 10.5 Å². The van der Waals surface area contributed by atoms with Gasteiger partial charge in [-0.1, -0.05) is 49.0 Å². The average molecular weight is 302 g/mol. The third-order valence-electron chi connectivity index (χ3n) is 2.88. The van der Waals surface area contributed by atoms with Crippen molar-refractivity contribution in [2.45, 2.75) is 45.6 Å². The molecule has 1 unspecified atom stereocenters. The van der Waals surface area contributed by atoms with Crippen LogP contribution in [0.3, 0.4) is 0 Å². The molecule has 1 N–H and O–H groups in total. The maximum absolute atomic E-state index is 13.3. The van der Waals surface area contributed by atoms with Gasteiger partial charge in [0.15, 0.2) is 0 Å². The van der Waals surface area contributed by atoms with E-state index in [0.29, 0.717) is 0 Å². The summed E-state index contributed by atoms with van der Waals surface area (Å²) in [5.74, 6) is -0.165. The van der Waals surface area contributed by atoms with Crippen LogP contribution in [0.1, 0.15) is 51.1 Å². The van der Waals surface area contributed by atoms with Gasteiger partial charge in [-0.2, -0.15) is 0 Å². The Bertz CT molecular complexity index is 341. The highest BCUT2D eigenvalue weighted by Crippen LogP contribution is 2.28. The maximum atomic E-state index is 13.3. The van der Waals surface area contributed by atoms with Gasteiger partial charge in [0.25, 0.3) is 0 Å². The van der Waals surface area contributed by atoms with Gasteiger partial charge < -0.3 is 5.32 Å². The first kappa shape index (κ1) is 14.7. The molecular weight excluding hydrogens is 281 g/mol. The summed E-state index contributed by atoms with van der Waals surface area (Å²) in [4.78, 5) is 0. The Hall–Kier alpha value is -0.410. The van der Waals surface area contributed by atoms with Gasteiger partial charge in [-0.3, -0.25) is 0 Å². The molecule has 0 spiro atoms. The van der Waals surface area contributed by atoms with Crippen molar-refractivity contribution in [2.75, 3.05) is 6.54 Å². The van der Waals surface area contributed by atoms with Gasteiger partial charge in [-0.15, -0.1) is 0 Å². The second-order valence-electron chi connectivity index (χ2n) is 4.27. The van der Waals surface area contributed by atoms with Gasteiger partial charge in [-0.05, 0) is 36.7 Å². The quantitative estimate of drug-likeness (QED) is 0.712. The van der Waals surface area contributed by atoms with Crippen LogP contribution in [0.25, 0.3) is 0 Å². The van der Waals surface area contributed by atoms with Crippen LogP contribution in [0.15, 0.2) is 22.7 Å². The smallest absolute Gasteiger partial charge is 0.123 e. The number of halogens is 2. The van der Waals surface area contributed by atoms with Crippen molar-refractivity contribution in [3.05, 3.63) is 34.1 Å². The van der Waals surface area contributed by atoms with Gasteiger partial charge in [-0.25, -0.2) is 4.39 Å². The van der Waals surface area contributed by atoms with Crippen molar-refractivity contribution >= 4 is 15.9 Å². The van der Waals surface area contributed by atoms with Crippen molar-refractivity contribution in [1.82, 2.24) is 5.32 Å². The Morgan fingerprint density at radius 2 is 2.06 bits per heavy atom. The standard InChI is InChI=1S/C14H21BrFN/c1-3-5-6-7-14(17-4-2)12-10-11(16)8-9-13(12)15/h8-10,14,17H,3-7H2,1-2H3. The molecule has 0 bridgehead atoms. The molecule has 0 aliphatic heterocycles. The SMILES string of the molecule is CCCCCC(NCC)c1cc(F)ccc1Br. The Kier molecular flexibility index (Phi) is 6.75. The Labute approximate surface area is 112 Å². The highest BCUT2D eigenvalue weighted by Gasteiger charge is 2.13. The molecule has 1 nitrogen and oxygen atoms in total. The number of nitrogens with one attached hydrogen (secondary N) is 1. The minimum atomic E-state index is -0.165. The fourth-order valence-corrected chi connectivity index (χ4v) is 2.52. The molecule has 0 aliphatic rings. The summed E-state index contributed by atoms with van der Waals surface area (Å²) in [6, 6.07) is 5.15. The molecular formula is C14H21BrFN. The van der Waals surface area contributed by atoms with Gasteiger partial charge in [0.05, 0.1) is 0 Å². The largest absolute Gasteiger partial charge is 0.310 e. The van der Waals surface area contributed by atoms with Crippen LogP contribution < -0.4 is 5.32 Å². The van der Waals surface area contributed by atoms with Crippen molar-refractivity contribution in [1.29, 1.82) is 0 Å². The molecule has 0 saturated heterocycles. The monoisotopic (exact) mass is 301 g/mol. The molecule has 3 heteroatoms. The van der Waals surface area contributed by atoms with Crippen LogP contribution in [0.5, 0.6) is 0 Å². The number of hydrogen-bond donors (Lipinski definition) is 1. The first-order valence-electron chi connectivity index (χ1n) is 6.37. The van der Waals surface area contributed by atoms with Gasteiger partial charge in [0.2, 0.25) is 0 Å². The summed E-state index contributed by atoms with van der Waals surface area (Å²) >= 11 is 3.50. The molecule has 0 aliphatic carbocycles. The van der Waals surface area contributed by atoms with Crippen LogP contribution in [0.2, 0.25) is 0 Å². The van der Waals surface area contributed by atoms with Crippen LogP contribution >= 0.6 is 15.9 Å². The van der Waals surface area contributed by atoms with Crippen molar-refractivity contribution in [3.63, 3.8) is 0 Å². The van der Waals surface area contributed by atoms with Crippen LogP contribution in [-0.2, 0) is 0 Å². The van der Waals surface area contributed by atoms with Gasteiger partial charge >= 0.3 is 0 Å². The molecule has 0 amide bonds. The van der Waals surface area contributed by atoms with E-state index in [2.05, 4.69) is 35.1 Å². The predicted octanol–water partition coefficient (Wildman–Crippen LogP) is 4.82. The number of hydrogen-bond acceptors (Lipinski definition) is 1. The summed E-state index contributed by atoms with van der Waals surface area (Å²) in [7, 11) is 0. The van der Waals surface area contributed by atoms with E-state index in [-0.39, 0.29) is 11.9 Å². The minimum absolute atomic E-state index is 0.165. The van der Waals surface area contributed by atoms with Crippen LogP contribution in [0, 0.1) is 5.82 Å². The summed E-state index contributed by atoms with van der Waals surface area (Å²) < 4.78 is 14.3. The zero-order chi connectivity index (χ0) is 12.7. The van der Waals surface area contributed by atoms with E-state index in [4.69, 9.17) is 0 Å². The molecule has 1 aromatic rings. The van der Waals surface area contributed by atoms with E-state index in [9.17, 15) is 4.39 Å². The van der Waals surface area contributed by atoms with Crippen LogP contribution in [0.4, 0.5) is 4.39 Å². The molecule has 17 heavy (non-hydrogen) atoms. The number of benzene rings is 1. The Balaban J connectivity index is 2.77. The maximum Gasteiger partial charge on any atom is 0.123 e. The van der Waals surface area contributed by atoms with Crippen molar-refractivity contribution in [3.8, 4) is 0 Å². The highest BCUT2D eigenvalue weighted by atomic mass is 79.9. The molecule has 1 rings (SSSR count). The third-order valence-corrected chi connectivity index (χ3v) is 3.60. The second-order valence-corrected chi connectivity index (χ2v) is 5.13. The zero-order valence-electron chi connectivity index (χ0n) is 10.6. The van der Waals surface area contributed by atoms with E-state index < -0.39 is 0 Å². The Morgan fingerprint density at radius 3 is 2.71 bits per heavy atom. The lowest BCUT2D eigenvalue weighted by Crippen LogP contribution is -2.21. The topological polar surface area (TPSA) is 12.0 Å². The zero-order valence-corrected chi connectivity index (χ0v) is 12.2. The molecule has 0 heterocycles. The average Bonchev–Trinajstić information content (AvgIpc) is 2.32. The summed E-state index contributed by atoms with van der Waals surface area (Å²) in [5, 5.41) is 3.43. The predicted molar refractivity (Wildman–Crippen MR) is 74.7 cm³/mol. The lowest BCUT2D eigenvalue weighted by atomic mass is 10.0. The Morgan fingerprint density at radius 1 is 1.29 bits per heavy atom. The van der Waals surface area contributed by atoms with E-state index >= 15 is 0 Å². The third kappa shape index (κ3) is 4.76.